The highest BCUT2D eigenvalue weighted by Crippen LogP contribution is 2.33. The SMILES string of the molecule is CCC1CCN(C2CC(C=O)C2)CC1.CN1CC2(CNC2)C1. The van der Waals surface area contributed by atoms with E-state index in [1.54, 1.807) is 0 Å². The number of carbonyl (C=O) groups excluding carboxylic acids is 1. The van der Waals surface area contributed by atoms with Crippen molar-refractivity contribution in [2.24, 2.45) is 17.3 Å². The summed E-state index contributed by atoms with van der Waals surface area (Å²) in [7, 11) is 2.18. The van der Waals surface area contributed by atoms with E-state index in [9.17, 15) is 4.79 Å². The van der Waals surface area contributed by atoms with Gasteiger partial charge in [0.25, 0.3) is 0 Å². The summed E-state index contributed by atoms with van der Waals surface area (Å²) < 4.78 is 0. The molecular formula is C18H33N3O. The van der Waals surface area contributed by atoms with Crippen LogP contribution < -0.4 is 5.32 Å². The molecule has 3 aliphatic heterocycles. The summed E-state index contributed by atoms with van der Waals surface area (Å²) in [6.45, 7) is 10.0. The minimum absolute atomic E-state index is 0.379. The average molecular weight is 307 g/mol. The second-order valence-corrected chi connectivity index (χ2v) is 8.18. The fourth-order valence-electron chi connectivity index (χ4n) is 4.57. The molecule has 0 aromatic rings. The van der Waals surface area contributed by atoms with Crippen molar-refractivity contribution >= 4 is 6.29 Å². The van der Waals surface area contributed by atoms with Crippen molar-refractivity contribution in [3.63, 3.8) is 0 Å². The highest BCUT2D eigenvalue weighted by Gasteiger charge is 2.45. The van der Waals surface area contributed by atoms with Gasteiger partial charge in [0.05, 0.1) is 0 Å². The lowest BCUT2D eigenvalue weighted by Gasteiger charge is -2.55. The normalized spacial score (nSPS) is 34.8. The van der Waals surface area contributed by atoms with Gasteiger partial charge < -0.3 is 19.9 Å². The predicted octanol–water partition coefficient (Wildman–Crippen LogP) is 1.61. The predicted molar refractivity (Wildman–Crippen MR) is 90.0 cm³/mol. The van der Waals surface area contributed by atoms with Crippen molar-refractivity contribution in [1.82, 2.24) is 15.1 Å². The highest BCUT2D eigenvalue weighted by molar-refractivity contribution is 5.55. The number of piperidine rings is 1. The molecule has 4 rings (SSSR count). The third-order valence-corrected chi connectivity index (χ3v) is 6.30. The topological polar surface area (TPSA) is 35.6 Å². The van der Waals surface area contributed by atoms with Gasteiger partial charge in [-0.05, 0) is 51.7 Å². The number of likely N-dealkylation sites (tertiary alicyclic amines) is 2. The fraction of sp³-hybridized carbons (Fsp3) is 0.944. The Bertz CT molecular complexity index is 361. The van der Waals surface area contributed by atoms with E-state index in [0.717, 1.165) is 36.5 Å². The molecule has 22 heavy (non-hydrogen) atoms. The molecule has 126 valence electrons. The Morgan fingerprint density at radius 1 is 1.18 bits per heavy atom. The van der Waals surface area contributed by atoms with Crippen molar-refractivity contribution < 1.29 is 4.79 Å². The van der Waals surface area contributed by atoms with Crippen LogP contribution in [0.2, 0.25) is 0 Å². The lowest BCUT2D eigenvalue weighted by molar-refractivity contribution is -0.115. The van der Waals surface area contributed by atoms with E-state index in [-0.39, 0.29) is 0 Å². The zero-order valence-electron chi connectivity index (χ0n) is 14.4. The summed E-state index contributed by atoms with van der Waals surface area (Å²) in [6.07, 6.45) is 7.48. The Morgan fingerprint density at radius 3 is 2.18 bits per heavy atom. The molecule has 1 aliphatic carbocycles. The molecule has 0 bridgehead atoms. The van der Waals surface area contributed by atoms with Gasteiger partial charge in [-0.25, -0.2) is 0 Å². The maximum Gasteiger partial charge on any atom is 0.123 e. The average Bonchev–Trinajstić information content (AvgIpc) is 2.42. The lowest BCUT2D eigenvalue weighted by Crippen LogP contribution is -2.69. The third-order valence-electron chi connectivity index (χ3n) is 6.30. The minimum atomic E-state index is 0.379. The standard InChI is InChI=1S/C12H21NO.C6H12N2/c1-2-10-3-5-13(6-4-10)12-7-11(8-12)9-14;1-8-4-6(5-8)2-7-3-6/h9-12H,2-8H2,1H3;7H,2-5H2,1H3. The quantitative estimate of drug-likeness (QED) is 0.804. The zero-order chi connectivity index (χ0) is 15.6. The van der Waals surface area contributed by atoms with Crippen LogP contribution in [0.25, 0.3) is 0 Å². The molecule has 4 nitrogen and oxygen atoms in total. The van der Waals surface area contributed by atoms with Crippen molar-refractivity contribution in [3.05, 3.63) is 0 Å². The molecule has 0 aromatic heterocycles. The minimum Gasteiger partial charge on any atom is -0.315 e. The zero-order valence-corrected chi connectivity index (χ0v) is 14.4. The molecular weight excluding hydrogens is 274 g/mol. The number of carbonyl (C=O) groups is 1. The summed E-state index contributed by atoms with van der Waals surface area (Å²) in [5, 5.41) is 3.30. The fourth-order valence-corrected chi connectivity index (χ4v) is 4.57. The molecule has 3 heterocycles. The lowest BCUT2D eigenvalue weighted by atomic mass is 9.75. The molecule has 4 heteroatoms. The third kappa shape index (κ3) is 3.55. The molecule has 1 saturated carbocycles. The Labute approximate surface area is 135 Å². The molecule has 4 fully saturated rings. The summed E-state index contributed by atoms with van der Waals surface area (Å²) in [5.74, 6) is 1.34. The molecule has 1 spiro atoms. The monoisotopic (exact) mass is 307 g/mol. The maximum absolute atomic E-state index is 10.5. The molecule has 0 amide bonds. The molecule has 4 aliphatic rings. The number of hydrogen-bond acceptors (Lipinski definition) is 4. The molecule has 0 aromatic carbocycles. The highest BCUT2D eigenvalue weighted by atomic mass is 16.1. The maximum atomic E-state index is 10.5. The van der Waals surface area contributed by atoms with E-state index in [4.69, 9.17) is 0 Å². The van der Waals surface area contributed by atoms with Crippen LogP contribution >= 0.6 is 0 Å². The number of nitrogens with one attached hydrogen (secondary N) is 1. The largest absolute Gasteiger partial charge is 0.315 e. The van der Waals surface area contributed by atoms with E-state index in [0.29, 0.717) is 5.92 Å². The van der Waals surface area contributed by atoms with Crippen LogP contribution in [0.5, 0.6) is 0 Å². The number of aldehydes is 1. The first-order valence-electron chi connectivity index (χ1n) is 9.23. The van der Waals surface area contributed by atoms with Gasteiger partial charge in [-0.15, -0.1) is 0 Å². The van der Waals surface area contributed by atoms with Crippen LogP contribution in [0.3, 0.4) is 0 Å². The van der Waals surface area contributed by atoms with Crippen LogP contribution in [0.15, 0.2) is 0 Å². The smallest absolute Gasteiger partial charge is 0.123 e. The molecule has 0 radical (unpaired) electrons. The number of nitrogens with zero attached hydrogens (tertiary/aromatic N) is 2. The first-order valence-corrected chi connectivity index (χ1v) is 9.23. The van der Waals surface area contributed by atoms with Gasteiger partial charge in [0, 0.05) is 43.6 Å². The van der Waals surface area contributed by atoms with Gasteiger partial charge in [0.1, 0.15) is 6.29 Å². The van der Waals surface area contributed by atoms with Gasteiger partial charge >= 0.3 is 0 Å². The summed E-state index contributed by atoms with van der Waals surface area (Å²) in [4.78, 5) is 15.5. The van der Waals surface area contributed by atoms with E-state index >= 15 is 0 Å². The Hall–Kier alpha value is -0.450. The first kappa shape index (κ1) is 16.4. The number of hydrogen-bond donors (Lipinski definition) is 1. The summed E-state index contributed by atoms with van der Waals surface area (Å²) >= 11 is 0. The number of rotatable bonds is 3. The second-order valence-electron chi connectivity index (χ2n) is 8.18. The van der Waals surface area contributed by atoms with Gasteiger partial charge in [0.15, 0.2) is 0 Å². The van der Waals surface area contributed by atoms with Gasteiger partial charge in [-0.2, -0.15) is 0 Å². The Morgan fingerprint density at radius 2 is 1.82 bits per heavy atom. The van der Waals surface area contributed by atoms with E-state index in [1.807, 2.05) is 0 Å². The molecule has 3 saturated heterocycles. The van der Waals surface area contributed by atoms with Gasteiger partial charge in [0.2, 0.25) is 0 Å². The van der Waals surface area contributed by atoms with Crippen molar-refractivity contribution in [3.8, 4) is 0 Å². The van der Waals surface area contributed by atoms with E-state index in [1.165, 1.54) is 58.5 Å². The van der Waals surface area contributed by atoms with Crippen LogP contribution in [0.1, 0.15) is 39.0 Å². The Kier molecular flexibility index (Phi) is 5.20. The van der Waals surface area contributed by atoms with Crippen molar-refractivity contribution in [2.75, 3.05) is 46.3 Å². The van der Waals surface area contributed by atoms with Crippen molar-refractivity contribution in [2.45, 2.75) is 45.1 Å². The summed E-state index contributed by atoms with van der Waals surface area (Å²) in [5.41, 5.74) is 0.731. The van der Waals surface area contributed by atoms with Crippen LogP contribution in [0, 0.1) is 17.3 Å². The van der Waals surface area contributed by atoms with Crippen LogP contribution in [0.4, 0.5) is 0 Å². The molecule has 0 atom stereocenters. The second kappa shape index (κ2) is 6.98. The molecule has 0 unspecified atom stereocenters. The molecule has 1 N–H and O–H groups in total. The van der Waals surface area contributed by atoms with Gasteiger partial charge in [-0.1, -0.05) is 13.3 Å². The van der Waals surface area contributed by atoms with Crippen LogP contribution in [-0.2, 0) is 4.79 Å². The van der Waals surface area contributed by atoms with Crippen molar-refractivity contribution in [1.29, 1.82) is 0 Å². The first-order chi connectivity index (χ1) is 10.6. The van der Waals surface area contributed by atoms with E-state index < -0.39 is 0 Å². The van der Waals surface area contributed by atoms with Crippen LogP contribution in [-0.4, -0.2) is 68.4 Å². The van der Waals surface area contributed by atoms with E-state index in [2.05, 4.69) is 29.1 Å². The van der Waals surface area contributed by atoms with Gasteiger partial charge in [-0.3, -0.25) is 0 Å². The Balaban J connectivity index is 0.000000151. The summed E-state index contributed by atoms with van der Waals surface area (Å²) in [6, 6.07) is 0.739.